The number of nitrogens with zero attached hydrogens (tertiary/aromatic N) is 3. The van der Waals surface area contributed by atoms with Gasteiger partial charge in [0.1, 0.15) is 0 Å². The maximum absolute atomic E-state index is 13.5. The van der Waals surface area contributed by atoms with E-state index in [1.807, 2.05) is 82.6 Å². The number of likely N-dealkylation sites (tertiary alicyclic amines) is 2. The molecule has 0 N–H and O–H groups in total. The van der Waals surface area contributed by atoms with E-state index in [0.717, 1.165) is 36.2 Å². The van der Waals surface area contributed by atoms with Crippen molar-refractivity contribution in [2.24, 2.45) is 5.41 Å². The van der Waals surface area contributed by atoms with Gasteiger partial charge in [0.05, 0.1) is 17.7 Å². The van der Waals surface area contributed by atoms with E-state index in [0.29, 0.717) is 25.2 Å². The van der Waals surface area contributed by atoms with Gasteiger partial charge in [-0.25, -0.2) is 0 Å². The SMILES string of the molecule is O=C(c1ccccc1-c1ccccc1)N1CCC2(CCN(Cc3ccccn3)C2=O)C1. The molecule has 2 saturated heterocycles. The molecule has 3 aromatic rings. The molecule has 1 atom stereocenters. The minimum absolute atomic E-state index is 0.00676. The summed E-state index contributed by atoms with van der Waals surface area (Å²) in [5.74, 6) is 0.164. The molecule has 0 saturated carbocycles. The molecule has 0 radical (unpaired) electrons. The van der Waals surface area contributed by atoms with Crippen LogP contribution >= 0.6 is 0 Å². The lowest BCUT2D eigenvalue weighted by Gasteiger charge is -2.24. The topological polar surface area (TPSA) is 53.5 Å². The smallest absolute Gasteiger partial charge is 0.254 e. The monoisotopic (exact) mass is 411 g/mol. The fourth-order valence-electron chi connectivity index (χ4n) is 4.86. The number of carbonyl (C=O) groups is 2. The lowest BCUT2D eigenvalue weighted by Crippen LogP contribution is -2.38. The second-order valence-electron chi connectivity index (χ2n) is 8.47. The maximum Gasteiger partial charge on any atom is 0.254 e. The molecule has 2 fully saturated rings. The molecule has 1 spiro atoms. The summed E-state index contributed by atoms with van der Waals surface area (Å²) < 4.78 is 0. The fraction of sp³-hybridized carbons (Fsp3) is 0.269. The third-order valence-electron chi connectivity index (χ3n) is 6.56. The highest BCUT2D eigenvalue weighted by Crippen LogP contribution is 2.42. The Morgan fingerprint density at radius 1 is 0.903 bits per heavy atom. The lowest BCUT2D eigenvalue weighted by molar-refractivity contribution is -0.135. The van der Waals surface area contributed by atoms with Crippen molar-refractivity contribution in [1.29, 1.82) is 0 Å². The number of benzene rings is 2. The highest BCUT2D eigenvalue weighted by atomic mass is 16.2. The summed E-state index contributed by atoms with van der Waals surface area (Å²) in [6.45, 7) is 2.36. The third-order valence-corrected chi connectivity index (χ3v) is 6.56. The van der Waals surface area contributed by atoms with Crippen LogP contribution in [0, 0.1) is 5.41 Å². The summed E-state index contributed by atoms with van der Waals surface area (Å²) in [6.07, 6.45) is 3.28. The van der Waals surface area contributed by atoms with Gasteiger partial charge in [-0.2, -0.15) is 0 Å². The zero-order chi connectivity index (χ0) is 21.3. The Morgan fingerprint density at radius 2 is 1.65 bits per heavy atom. The first kappa shape index (κ1) is 19.5. The second-order valence-corrected chi connectivity index (χ2v) is 8.47. The first-order chi connectivity index (χ1) is 15.2. The molecule has 2 aliphatic rings. The zero-order valence-corrected chi connectivity index (χ0v) is 17.4. The number of rotatable bonds is 4. The summed E-state index contributed by atoms with van der Waals surface area (Å²) >= 11 is 0. The van der Waals surface area contributed by atoms with Gasteiger partial charge in [-0.1, -0.05) is 54.6 Å². The second kappa shape index (κ2) is 7.99. The minimum atomic E-state index is -0.452. The van der Waals surface area contributed by atoms with Crippen molar-refractivity contribution in [2.45, 2.75) is 19.4 Å². The molecule has 31 heavy (non-hydrogen) atoms. The van der Waals surface area contributed by atoms with E-state index in [-0.39, 0.29) is 11.8 Å². The van der Waals surface area contributed by atoms with Gasteiger partial charge in [-0.3, -0.25) is 14.6 Å². The maximum atomic E-state index is 13.5. The van der Waals surface area contributed by atoms with Crippen LogP contribution in [0.1, 0.15) is 28.9 Å². The molecule has 2 aromatic carbocycles. The normalized spacial score (nSPS) is 20.6. The van der Waals surface area contributed by atoms with Crippen LogP contribution in [-0.2, 0) is 11.3 Å². The first-order valence-corrected chi connectivity index (χ1v) is 10.8. The van der Waals surface area contributed by atoms with Crippen LogP contribution in [0.25, 0.3) is 11.1 Å². The first-order valence-electron chi connectivity index (χ1n) is 10.8. The van der Waals surface area contributed by atoms with Crippen molar-refractivity contribution in [1.82, 2.24) is 14.8 Å². The van der Waals surface area contributed by atoms with Crippen LogP contribution in [0.3, 0.4) is 0 Å². The van der Waals surface area contributed by atoms with Gasteiger partial charge in [0, 0.05) is 31.4 Å². The predicted octanol–water partition coefficient (Wildman–Crippen LogP) is 4.01. The molecule has 3 heterocycles. The number of amides is 2. The molecule has 2 aliphatic heterocycles. The largest absolute Gasteiger partial charge is 0.338 e. The van der Waals surface area contributed by atoms with Crippen molar-refractivity contribution in [2.75, 3.05) is 19.6 Å². The summed E-state index contributed by atoms with van der Waals surface area (Å²) in [4.78, 5) is 34.9. The number of hydrogen-bond donors (Lipinski definition) is 0. The average Bonchev–Trinajstić information content (AvgIpc) is 3.39. The number of pyridine rings is 1. The van der Waals surface area contributed by atoms with Crippen molar-refractivity contribution in [3.63, 3.8) is 0 Å². The molecule has 0 aliphatic carbocycles. The Balaban J connectivity index is 1.34. The van der Waals surface area contributed by atoms with Crippen LogP contribution < -0.4 is 0 Å². The summed E-state index contributed by atoms with van der Waals surface area (Å²) in [5, 5.41) is 0. The van der Waals surface area contributed by atoms with Gasteiger partial charge in [0.25, 0.3) is 5.91 Å². The summed E-state index contributed by atoms with van der Waals surface area (Å²) in [6, 6.07) is 23.5. The van der Waals surface area contributed by atoms with E-state index in [2.05, 4.69) is 4.98 Å². The highest BCUT2D eigenvalue weighted by Gasteiger charge is 2.51. The Kier molecular flexibility index (Phi) is 5.02. The Bertz CT molecular complexity index is 1100. The standard InChI is InChI=1S/C26H25N3O2/c30-24(23-12-5-4-11-22(23)20-8-2-1-3-9-20)29-17-14-26(19-29)13-16-28(25(26)31)18-21-10-6-7-15-27-21/h1-12,15H,13-14,16-19H2. The Hall–Kier alpha value is -3.47. The fourth-order valence-corrected chi connectivity index (χ4v) is 4.86. The van der Waals surface area contributed by atoms with E-state index < -0.39 is 5.41 Å². The molecule has 2 amide bonds. The quantitative estimate of drug-likeness (QED) is 0.652. The van der Waals surface area contributed by atoms with Crippen LogP contribution in [0.4, 0.5) is 0 Å². The van der Waals surface area contributed by atoms with Gasteiger partial charge in [0.2, 0.25) is 5.91 Å². The molecule has 0 bridgehead atoms. The van der Waals surface area contributed by atoms with E-state index in [4.69, 9.17) is 0 Å². The number of carbonyl (C=O) groups excluding carboxylic acids is 2. The zero-order valence-electron chi connectivity index (χ0n) is 17.4. The summed E-state index contributed by atoms with van der Waals surface area (Å²) in [7, 11) is 0. The Labute approximate surface area is 182 Å². The van der Waals surface area contributed by atoms with Crippen molar-refractivity contribution >= 4 is 11.8 Å². The van der Waals surface area contributed by atoms with E-state index in [9.17, 15) is 9.59 Å². The van der Waals surface area contributed by atoms with E-state index in [1.54, 1.807) is 6.20 Å². The molecule has 156 valence electrons. The molecule has 1 unspecified atom stereocenters. The van der Waals surface area contributed by atoms with Crippen molar-refractivity contribution in [3.8, 4) is 11.1 Å². The van der Waals surface area contributed by atoms with Gasteiger partial charge in [0.15, 0.2) is 0 Å². The lowest BCUT2D eigenvalue weighted by atomic mass is 9.85. The average molecular weight is 412 g/mol. The van der Waals surface area contributed by atoms with Gasteiger partial charge < -0.3 is 9.80 Å². The third kappa shape index (κ3) is 3.61. The van der Waals surface area contributed by atoms with Crippen LogP contribution in [0.2, 0.25) is 0 Å². The van der Waals surface area contributed by atoms with Gasteiger partial charge in [-0.05, 0) is 42.2 Å². The van der Waals surface area contributed by atoms with Gasteiger partial charge in [-0.15, -0.1) is 0 Å². The number of aromatic nitrogens is 1. The molecular formula is C26H25N3O2. The highest BCUT2D eigenvalue weighted by molar-refractivity contribution is 6.01. The molecule has 5 rings (SSSR count). The van der Waals surface area contributed by atoms with E-state index in [1.165, 1.54) is 0 Å². The Morgan fingerprint density at radius 3 is 2.45 bits per heavy atom. The van der Waals surface area contributed by atoms with Crippen LogP contribution in [0.15, 0.2) is 79.0 Å². The van der Waals surface area contributed by atoms with Crippen LogP contribution in [0.5, 0.6) is 0 Å². The van der Waals surface area contributed by atoms with Gasteiger partial charge >= 0.3 is 0 Å². The molecule has 1 aromatic heterocycles. The van der Waals surface area contributed by atoms with Crippen LogP contribution in [-0.4, -0.2) is 46.2 Å². The molecule has 5 nitrogen and oxygen atoms in total. The molecular weight excluding hydrogens is 386 g/mol. The van der Waals surface area contributed by atoms with Crippen molar-refractivity contribution in [3.05, 3.63) is 90.3 Å². The molecule has 5 heteroatoms. The van der Waals surface area contributed by atoms with Crippen molar-refractivity contribution < 1.29 is 9.59 Å². The summed E-state index contributed by atoms with van der Waals surface area (Å²) in [5.41, 5.74) is 3.10. The van der Waals surface area contributed by atoms with E-state index >= 15 is 0 Å². The minimum Gasteiger partial charge on any atom is -0.338 e. The predicted molar refractivity (Wildman–Crippen MR) is 119 cm³/mol. The number of hydrogen-bond acceptors (Lipinski definition) is 3.